The third-order valence-electron chi connectivity index (χ3n) is 18.6. The molecule has 0 aliphatic carbocycles. The van der Waals surface area contributed by atoms with Crippen molar-refractivity contribution in [2.75, 3.05) is 52.4 Å². The van der Waals surface area contributed by atoms with Gasteiger partial charge in [-0.2, -0.15) is 0 Å². The van der Waals surface area contributed by atoms with Gasteiger partial charge in [0.2, 0.25) is 0 Å². The minimum absolute atomic E-state index is 0.100. The molecule has 0 spiro atoms. The molecule has 464 valence electrons. The maximum absolute atomic E-state index is 2.73. The van der Waals surface area contributed by atoms with Crippen LogP contribution in [0.2, 0.25) is 0 Å². The van der Waals surface area contributed by atoms with Gasteiger partial charge in [-0.3, -0.25) is 0 Å². The number of hydrogen-bond acceptors (Lipinski definition) is 4. The van der Waals surface area contributed by atoms with Gasteiger partial charge in [-0.05, 0) is 140 Å². The Hall–Kier alpha value is -8.86. The Kier molecular flexibility index (Phi) is 21.5. The quantitative estimate of drug-likeness (QED) is 0.0453. The van der Waals surface area contributed by atoms with Crippen molar-refractivity contribution in [2.45, 2.75) is 105 Å². The van der Waals surface area contributed by atoms with Crippen molar-refractivity contribution in [3.05, 3.63) is 346 Å². The molecule has 1 heterocycles. The van der Waals surface area contributed by atoms with E-state index in [4.69, 9.17) is 0 Å². The monoisotopic (exact) mass is 1200 g/mol. The summed E-state index contributed by atoms with van der Waals surface area (Å²) < 4.78 is 0. The van der Waals surface area contributed by atoms with Crippen molar-refractivity contribution in [2.24, 2.45) is 23.7 Å². The molecule has 0 amide bonds. The van der Waals surface area contributed by atoms with Crippen LogP contribution in [0.5, 0.6) is 0 Å². The molecule has 0 N–H and O–H groups in total. The standard InChI is InChI=1S/C87H96N4/c1-64(2)49-53-88(54-50-65(3)4)76-59-78(82(68-33-17-9-18-34-68)69-35-19-10-20-36-69)86(79(60-76)83(70-37-21-11-22-38-70)71-39-23-12-24-40-71)90-57-58-91(63-90)87-80(84(72-41-25-13-26-42-72)73-43-27-14-28-44-73)61-77(89(55-51-66(5)6)56-52-67(7)8)62-81(87)85(74-45-29-15-30-46-74)75-47-31-16-32-48-75/h9-48,57-62,64-67,82-85H,49-56,63H2,1-8H3. The van der Waals surface area contributed by atoms with E-state index in [1.165, 1.54) is 89.5 Å². The zero-order valence-electron chi connectivity index (χ0n) is 55.3. The molecular formula is C87H96N4. The molecule has 0 fully saturated rings. The molecule has 0 bridgehead atoms. The van der Waals surface area contributed by atoms with Gasteiger partial charge in [0.1, 0.15) is 0 Å². The minimum Gasteiger partial charge on any atom is -0.371 e. The van der Waals surface area contributed by atoms with E-state index in [-0.39, 0.29) is 23.7 Å². The lowest BCUT2D eigenvalue weighted by molar-refractivity contribution is 0.535. The lowest BCUT2D eigenvalue weighted by Gasteiger charge is -2.37. The zero-order valence-corrected chi connectivity index (χ0v) is 55.3. The van der Waals surface area contributed by atoms with Gasteiger partial charge in [0.25, 0.3) is 0 Å². The third-order valence-corrected chi connectivity index (χ3v) is 18.6. The molecule has 4 nitrogen and oxygen atoms in total. The molecule has 91 heavy (non-hydrogen) atoms. The maximum Gasteiger partial charge on any atom is 0.0989 e. The molecule has 11 rings (SSSR count). The predicted octanol–water partition coefficient (Wildman–Crippen LogP) is 22.0. The highest BCUT2D eigenvalue weighted by atomic mass is 15.3. The molecule has 0 radical (unpaired) electrons. The van der Waals surface area contributed by atoms with Crippen LogP contribution < -0.4 is 19.6 Å². The van der Waals surface area contributed by atoms with Crippen molar-refractivity contribution < 1.29 is 0 Å². The summed E-state index contributed by atoms with van der Waals surface area (Å²) in [6.07, 6.45) is 9.27. The molecule has 0 aromatic heterocycles. The zero-order chi connectivity index (χ0) is 63.1. The maximum atomic E-state index is 2.73. The Morgan fingerprint density at radius 1 is 0.264 bits per heavy atom. The number of benzene rings is 10. The van der Waals surface area contributed by atoms with Crippen LogP contribution in [0.3, 0.4) is 0 Å². The third kappa shape index (κ3) is 15.7. The Labute approximate surface area is 546 Å². The van der Waals surface area contributed by atoms with Crippen LogP contribution in [-0.4, -0.2) is 32.8 Å². The number of hydrogen-bond donors (Lipinski definition) is 0. The first-order valence-corrected chi connectivity index (χ1v) is 34.0. The lowest BCUT2D eigenvalue weighted by atomic mass is 9.78. The molecule has 4 heteroatoms. The molecule has 0 unspecified atom stereocenters. The Balaban J connectivity index is 1.24. The predicted molar refractivity (Wildman–Crippen MR) is 389 cm³/mol. The first-order chi connectivity index (χ1) is 44.5. The fourth-order valence-electron chi connectivity index (χ4n) is 13.7. The molecule has 10 aromatic rings. The minimum atomic E-state index is -0.100. The van der Waals surface area contributed by atoms with Gasteiger partial charge in [0.05, 0.1) is 18.0 Å². The van der Waals surface area contributed by atoms with Gasteiger partial charge in [0, 0.05) is 73.6 Å². The van der Waals surface area contributed by atoms with Gasteiger partial charge in [-0.25, -0.2) is 0 Å². The van der Waals surface area contributed by atoms with Crippen LogP contribution in [0.15, 0.2) is 279 Å². The summed E-state index contributed by atoms with van der Waals surface area (Å²) in [4.78, 5) is 10.7. The van der Waals surface area contributed by atoms with Crippen molar-refractivity contribution in [3.63, 3.8) is 0 Å². The molecule has 0 saturated heterocycles. The Bertz CT molecular complexity index is 3190. The number of nitrogens with zero attached hydrogens (tertiary/aromatic N) is 4. The number of rotatable bonds is 28. The van der Waals surface area contributed by atoms with Crippen LogP contribution >= 0.6 is 0 Å². The van der Waals surface area contributed by atoms with E-state index in [1.54, 1.807) is 0 Å². The van der Waals surface area contributed by atoms with Gasteiger partial charge < -0.3 is 19.6 Å². The van der Waals surface area contributed by atoms with E-state index >= 15 is 0 Å². The highest BCUT2D eigenvalue weighted by molar-refractivity contribution is 5.80. The summed E-state index contributed by atoms with van der Waals surface area (Å²) in [7, 11) is 0. The van der Waals surface area contributed by atoms with Crippen LogP contribution in [0, 0.1) is 23.7 Å². The summed E-state index contributed by atoms with van der Waals surface area (Å²) in [6.45, 7) is 23.5. The topological polar surface area (TPSA) is 13.0 Å². The van der Waals surface area contributed by atoms with E-state index in [9.17, 15) is 0 Å². The first kappa shape index (κ1) is 63.7. The van der Waals surface area contributed by atoms with E-state index < -0.39 is 0 Å². The van der Waals surface area contributed by atoms with Crippen LogP contribution in [-0.2, 0) is 0 Å². The normalized spacial score (nSPS) is 12.5. The van der Waals surface area contributed by atoms with Crippen molar-refractivity contribution >= 4 is 22.7 Å². The van der Waals surface area contributed by atoms with Crippen LogP contribution in [0.4, 0.5) is 22.7 Å². The molecule has 0 saturated carbocycles. The van der Waals surface area contributed by atoms with Gasteiger partial charge >= 0.3 is 0 Å². The van der Waals surface area contributed by atoms with Crippen molar-refractivity contribution in [1.29, 1.82) is 0 Å². The second-order valence-corrected chi connectivity index (χ2v) is 27.0. The van der Waals surface area contributed by atoms with Gasteiger partial charge in [0.15, 0.2) is 0 Å². The summed E-state index contributed by atoms with van der Waals surface area (Å²) in [6, 6.07) is 101. The highest BCUT2D eigenvalue weighted by Crippen LogP contribution is 2.52. The SMILES string of the molecule is CC(C)CCN(CCC(C)C)c1cc(C(c2ccccc2)c2ccccc2)c(N2C=CN(c3c(C(c4ccccc4)c4ccccc4)cc(N(CCC(C)C)CCC(C)C)cc3C(c3ccccc3)c3ccccc3)C2)c(C(c2ccccc2)c2ccccc2)c1. The van der Waals surface area contributed by atoms with E-state index in [0.29, 0.717) is 30.3 Å². The smallest absolute Gasteiger partial charge is 0.0989 e. The van der Waals surface area contributed by atoms with Gasteiger partial charge in [-0.15, -0.1) is 0 Å². The average molecular weight is 1200 g/mol. The fraction of sp³-hybridized carbons (Fsp3) is 0.287. The molecule has 10 aromatic carbocycles. The van der Waals surface area contributed by atoms with E-state index in [0.717, 1.165) is 51.9 Å². The summed E-state index contributed by atoms with van der Waals surface area (Å²) in [5, 5.41) is 0. The summed E-state index contributed by atoms with van der Waals surface area (Å²) in [5.41, 5.74) is 20.4. The Morgan fingerprint density at radius 3 is 0.604 bits per heavy atom. The second-order valence-electron chi connectivity index (χ2n) is 27.0. The van der Waals surface area contributed by atoms with Crippen molar-refractivity contribution in [3.8, 4) is 0 Å². The largest absolute Gasteiger partial charge is 0.371 e. The van der Waals surface area contributed by atoms with Crippen LogP contribution in [0.1, 0.15) is 172 Å². The summed E-state index contributed by atoms with van der Waals surface area (Å²) in [5.74, 6) is 1.83. The average Bonchev–Trinajstić information content (AvgIpc) is 1.73. The lowest BCUT2D eigenvalue weighted by Crippen LogP contribution is -2.32. The van der Waals surface area contributed by atoms with Gasteiger partial charge in [-0.1, -0.05) is 298 Å². The van der Waals surface area contributed by atoms with Crippen molar-refractivity contribution in [1.82, 2.24) is 0 Å². The summed E-state index contributed by atoms with van der Waals surface area (Å²) >= 11 is 0. The van der Waals surface area contributed by atoms with E-state index in [2.05, 4.69) is 354 Å². The highest BCUT2D eigenvalue weighted by Gasteiger charge is 2.36. The molecule has 1 aliphatic rings. The molecular weight excluding hydrogens is 1100 g/mol. The van der Waals surface area contributed by atoms with Crippen LogP contribution in [0.25, 0.3) is 0 Å². The first-order valence-electron chi connectivity index (χ1n) is 34.0. The number of anilines is 4. The molecule has 0 atom stereocenters. The molecule has 1 aliphatic heterocycles. The fourth-order valence-corrected chi connectivity index (χ4v) is 13.7. The second kappa shape index (κ2) is 30.8. The Morgan fingerprint density at radius 2 is 0.440 bits per heavy atom. The van der Waals surface area contributed by atoms with E-state index in [1.807, 2.05) is 0 Å².